The van der Waals surface area contributed by atoms with Crippen LogP contribution in [0.25, 0.3) is 0 Å². The number of carbonyl (C=O) groups is 2. The highest BCUT2D eigenvalue weighted by Crippen LogP contribution is 2.27. The molecular weight excluding hydrogens is 558 g/mol. The topological polar surface area (TPSA) is 86.8 Å². The number of carbonyl (C=O) groups excluding carboxylic acids is 2. The molecule has 0 unspecified atom stereocenters. The van der Waals surface area contributed by atoms with Gasteiger partial charge in [0, 0.05) is 18.1 Å². The maximum absolute atomic E-state index is 14.1. The van der Waals surface area contributed by atoms with Gasteiger partial charge < -0.3 is 10.2 Å². The predicted octanol–water partition coefficient (Wildman–Crippen LogP) is 6.24. The molecule has 0 radical (unpaired) electrons. The van der Waals surface area contributed by atoms with E-state index in [4.69, 9.17) is 11.6 Å². The highest BCUT2D eigenvalue weighted by molar-refractivity contribution is 7.92. The number of halogens is 1. The summed E-state index contributed by atoms with van der Waals surface area (Å²) in [4.78, 5) is 28.9. The minimum Gasteiger partial charge on any atom is -0.354 e. The third-order valence-corrected chi connectivity index (χ3v) is 8.83. The van der Waals surface area contributed by atoms with Gasteiger partial charge in [-0.25, -0.2) is 8.42 Å². The van der Waals surface area contributed by atoms with Gasteiger partial charge in [-0.2, -0.15) is 0 Å². The molecule has 0 heterocycles. The smallest absolute Gasteiger partial charge is 0.264 e. The summed E-state index contributed by atoms with van der Waals surface area (Å²) in [5.41, 5.74) is 2.20. The number of benzene rings is 3. The van der Waals surface area contributed by atoms with Gasteiger partial charge in [-0.3, -0.25) is 13.9 Å². The summed E-state index contributed by atoms with van der Waals surface area (Å²) in [6, 6.07) is 21.5. The van der Waals surface area contributed by atoms with Crippen molar-refractivity contribution in [3.63, 3.8) is 0 Å². The predicted molar refractivity (Wildman–Crippen MR) is 165 cm³/mol. The van der Waals surface area contributed by atoms with Crippen molar-refractivity contribution in [3.05, 3.63) is 95.0 Å². The molecule has 3 aromatic carbocycles. The summed E-state index contributed by atoms with van der Waals surface area (Å²) in [7, 11) is -4.10. The van der Waals surface area contributed by atoms with Crippen LogP contribution in [0.15, 0.2) is 83.8 Å². The van der Waals surface area contributed by atoms with E-state index in [9.17, 15) is 18.0 Å². The molecule has 0 saturated carbocycles. The fourth-order valence-corrected chi connectivity index (χ4v) is 5.96. The highest BCUT2D eigenvalue weighted by Gasteiger charge is 2.33. The van der Waals surface area contributed by atoms with Crippen molar-refractivity contribution < 1.29 is 18.0 Å². The third kappa shape index (κ3) is 8.57. The Bertz CT molecular complexity index is 1390. The summed E-state index contributed by atoms with van der Waals surface area (Å²) < 4.78 is 29.0. The van der Waals surface area contributed by atoms with Gasteiger partial charge in [0.2, 0.25) is 11.8 Å². The lowest BCUT2D eigenvalue weighted by atomic mass is 10.0. The quantitative estimate of drug-likeness (QED) is 0.253. The Morgan fingerprint density at radius 1 is 0.878 bits per heavy atom. The number of rotatable bonds is 13. The van der Waals surface area contributed by atoms with Gasteiger partial charge in [-0.15, -0.1) is 0 Å². The first kappa shape index (κ1) is 32.2. The molecule has 41 heavy (non-hydrogen) atoms. The molecule has 0 aliphatic carbocycles. The van der Waals surface area contributed by atoms with Gasteiger partial charge in [-0.05, 0) is 65.8 Å². The van der Waals surface area contributed by atoms with E-state index in [1.807, 2.05) is 32.9 Å². The zero-order chi connectivity index (χ0) is 30.2. The van der Waals surface area contributed by atoms with Crippen molar-refractivity contribution in [1.82, 2.24) is 10.2 Å². The summed E-state index contributed by atoms with van der Waals surface area (Å²) in [5, 5.41) is 3.49. The molecule has 220 valence electrons. The molecule has 3 aromatic rings. The van der Waals surface area contributed by atoms with E-state index in [0.29, 0.717) is 23.7 Å². The summed E-state index contributed by atoms with van der Waals surface area (Å²) in [6.07, 6.45) is 0.359. The molecule has 0 spiro atoms. The molecule has 9 heteroatoms. The van der Waals surface area contributed by atoms with Crippen LogP contribution in [-0.2, 0) is 26.2 Å². The van der Waals surface area contributed by atoms with Gasteiger partial charge in [0.25, 0.3) is 10.0 Å². The number of nitrogens with one attached hydrogen (secondary N) is 1. The Labute approximate surface area is 249 Å². The first-order valence-electron chi connectivity index (χ1n) is 13.9. The monoisotopic (exact) mass is 597 g/mol. The summed E-state index contributed by atoms with van der Waals surface area (Å²) >= 11 is 6.08. The maximum Gasteiger partial charge on any atom is 0.264 e. The van der Waals surface area contributed by atoms with E-state index >= 15 is 0 Å². The molecular formula is C32H40ClN3O4S. The molecule has 1 atom stereocenters. The normalized spacial score (nSPS) is 12.3. The number of hydrogen-bond acceptors (Lipinski definition) is 4. The standard InChI is InChI=1S/C32H40ClN3O4S/c1-6-30(32(38)34-20-23(2)3)35(21-25-12-16-27(33)17-13-25)31(37)22-36(28-18-14-26(15-19-28)24(4)5)41(39,40)29-10-8-7-9-11-29/h7-19,23-24,30H,6,20-22H2,1-5H3,(H,34,38)/t30-/m0/s1. The van der Waals surface area contributed by atoms with Crippen LogP contribution < -0.4 is 9.62 Å². The SMILES string of the molecule is CC[C@@H](C(=O)NCC(C)C)N(Cc1ccc(Cl)cc1)C(=O)CN(c1ccc(C(C)C)cc1)S(=O)(=O)c1ccccc1. The van der Waals surface area contributed by atoms with Gasteiger partial charge in [-0.1, -0.05) is 88.7 Å². The van der Waals surface area contributed by atoms with E-state index < -0.39 is 28.5 Å². The highest BCUT2D eigenvalue weighted by atomic mass is 35.5. The Kier molecular flexibility index (Phi) is 11.4. The third-order valence-electron chi connectivity index (χ3n) is 6.79. The van der Waals surface area contributed by atoms with Gasteiger partial charge in [0.15, 0.2) is 0 Å². The number of anilines is 1. The van der Waals surface area contributed by atoms with Crippen LogP contribution in [0.3, 0.4) is 0 Å². The van der Waals surface area contributed by atoms with Crippen molar-refractivity contribution in [3.8, 4) is 0 Å². The summed E-state index contributed by atoms with van der Waals surface area (Å²) in [6.45, 7) is 10.1. The van der Waals surface area contributed by atoms with Crippen LogP contribution in [0.1, 0.15) is 58.1 Å². The van der Waals surface area contributed by atoms with Crippen molar-refractivity contribution in [1.29, 1.82) is 0 Å². The molecule has 0 saturated heterocycles. The number of amides is 2. The first-order valence-corrected chi connectivity index (χ1v) is 15.7. The van der Waals surface area contributed by atoms with Crippen LogP contribution in [0, 0.1) is 5.92 Å². The molecule has 7 nitrogen and oxygen atoms in total. The van der Waals surface area contributed by atoms with Gasteiger partial charge in [0.05, 0.1) is 10.6 Å². The minimum absolute atomic E-state index is 0.0757. The Hall–Kier alpha value is -3.36. The zero-order valence-electron chi connectivity index (χ0n) is 24.4. The lowest BCUT2D eigenvalue weighted by Crippen LogP contribution is -2.52. The fraction of sp³-hybridized carbons (Fsp3) is 0.375. The van der Waals surface area contributed by atoms with Crippen LogP contribution in [0.5, 0.6) is 0 Å². The largest absolute Gasteiger partial charge is 0.354 e. The van der Waals surface area contributed by atoms with E-state index in [1.165, 1.54) is 17.0 Å². The number of nitrogens with zero attached hydrogens (tertiary/aromatic N) is 2. The average Bonchev–Trinajstić information content (AvgIpc) is 2.96. The second-order valence-corrected chi connectivity index (χ2v) is 13.1. The minimum atomic E-state index is -4.10. The van der Waals surface area contributed by atoms with E-state index in [2.05, 4.69) is 19.2 Å². The number of hydrogen-bond donors (Lipinski definition) is 1. The zero-order valence-corrected chi connectivity index (χ0v) is 26.0. The average molecular weight is 598 g/mol. The second kappa shape index (κ2) is 14.5. The van der Waals surface area contributed by atoms with Gasteiger partial charge in [0.1, 0.15) is 12.6 Å². The fourth-order valence-electron chi connectivity index (χ4n) is 4.40. The van der Waals surface area contributed by atoms with E-state index in [1.54, 1.807) is 54.6 Å². The van der Waals surface area contributed by atoms with Gasteiger partial charge >= 0.3 is 0 Å². The molecule has 0 fully saturated rings. The maximum atomic E-state index is 14.1. The lowest BCUT2D eigenvalue weighted by molar-refractivity contribution is -0.140. The second-order valence-electron chi connectivity index (χ2n) is 10.8. The van der Waals surface area contributed by atoms with Crippen molar-refractivity contribution >= 4 is 39.1 Å². The van der Waals surface area contributed by atoms with Crippen LogP contribution in [0.4, 0.5) is 5.69 Å². The lowest BCUT2D eigenvalue weighted by Gasteiger charge is -2.33. The van der Waals surface area contributed by atoms with Crippen LogP contribution >= 0.6 is 11.6 Å². The molecule has 0 aliphatic heterocycles. The van der Waals surface area contributed by atoms with E-state index in [0.717, 1.165) is 15.4 Å². The Morgan fingerprint density at radius 2 is 1.49 bits per heavy atom. The number of sulfonamides is 1. The Morgan fingerprint density at radius 3 is 2.02 bits per heavy atom. The Balaban J connectivity index is 2.04. The molecule has 0 bridgehead atoms. The molecule has 3 rings (SSSR count). The van der Waals surface area contributed by atoms with Crippen molar-refractivity contribution in [2.45, 2.75) is 64.4 Å². The molecule has 2 amide bonds. The van der Waals surface area contributed by atoms with Crippen molar-refractivity contribution in [2.75, 3.05) is 17.4 Å². The molecule has 1 N–H and O–H groups in total. The summed E-state index contributed by atoms with van der Waals surface area (Å²) in [5.74, 6) is -0.271. The van der Waals surface area contributed by atoms with Crippen LogP contribution in [0.2, 0.25) is 5.02 Å². The van der Waals surface area contributed by atoms with Crippen molar-refractivity contribution in [2.24, 2.45) is 5.92 Å². The van der Waals surface area contributed by atoms with Crippen LogP contribution in [-0.4, -0.2) is 44.3 Å². The first-order chi connectivity index (χ1) is 19.4. The molecule has 0 aromatic heterocycles. The van der Waals surface area contributed by atoms with E-state index in [-0.39, 0.29) is 29.2 Å². The molecule has 0 aliphatic rings.